The SMILES string of the molecule is CC(C)(C)OC(=O)N[C@H]1CCC[C@@]2(CCNC2)C1. The molecule has 2 fully saturated rings. The van der Waals surface area contributed by atoms with Crippen LogP contribution in [-0.4, -0.2) is 30.8 Å². The topological polar surface area (TPSA) is 50.4 Å². The van der Waals surface area contributed by atoms with Crippen LogP contribution in [-0.2, 0) is 4.74 Å². The van der Waals surface area contributed by atoms with Crippen molar-refractivity contribution in [2.24, 2.45) is 5.41 Å². The Hall–Kier alpha value is -0.770. The van der Waals surface area contributed by atoms with E-state index in [0.29, 0.717) is 5.41 Å². The standard InChI is InChI=1S/C14H26N2O2/c1-13(2,3)18-12(17)16-11-5-4-6-14(9-11)7-8-15-10-14/h11,15H,4-10H2,1-3H3,(H,16,17)/t11-,14+/m0/s1. The second-order valence-electron chi connectivity index (χ2n) is 6.87. The highest BCUT2D eigenvalue weighted by Crippen LogP contribution is 2.41. The lowest BCUT2D eigenvalue weighted by atomic mass is 9.71. The largest absolute Gasteiger partial charge is 0.444 e. The Kier molecular flexibility index (Phi) is 3.85. The number of alkyl carbamates (subject to hydrolysis) is 1. The third kappa shape index (κ3) is 3.61. The first-order valence-electron chi connectivity index (χ1n) is 7.09. The van der Waals surface area contributed by atoms with E-state index in [1.54, 1.807) is 0 Å². The molecule has 2 rings (SSSR count). The van der Waals surface area contributed by atoms with Crippen molar-refractivity contribution in [1.82, 2.24) is 10.6 Å². The third-order valence-corrected chi connectivity index (χ3v) is 3.99. The number of hydrogen-bond acceptors (Lipinski definition) is 3. The maximum atomic E-state index is 11.8. The van der Waals surface area contributed by atoms with Crippen molar-refractivity contribution in [3.05, 3.63) is 0 Å². The first kappa shape index (κ1) is 13.7. The van der Waals surface area contributed by atoms with Gasteiger partial charge in [0.1, 0.15) is 5.60 Å². The van der Waals surface area contributed by atoms with Gasteiger partial charge in [-0.15, -0.1) is 0 Å². The molecular weight excluding hydrogens is 228 g/mol. The average Bonchev–Trinajstić information content (AvgIpc) is 2.63. The summed E-state index contributed by atoms with van der Waals surface area (Å²) in [5, 5.41) is 6.49. The summed E-state index contributed by atoms with van der Waals surface area (Å²) in [6.45, 7) is 7.93. The third-order valence-electron chi connectivity index (χ3n) is 3.99. The molecule has 1 spiro atoms. The summed E-state index contributed by atoms with van der Waals surface area (Å²) < 4.78 is 5.33. The van der Waals surface area contributed by atoms with E-state index in [4.69, 9.17) is 4.74 Å². The smallest absolute Gasteiger partial charge is 0.407 e. The van der Waals surface area contributed by atoms with E-state index in [0.717, 1.165) is 25.9 Å². The summed E-state index contributed by atoms with van der Waals surface area (Å²) in [5.74, 6) is 0. The van der Waals surface area contributed by atoms with Crippen molar-refractivity contribution >= 4 is 6.09 Å². The lowest BCUT2D eigenvalue weighted by molar-refractivity contribution is 0.0464. The van der Waals surface area contributed by atoms with Gasteiger partial charge in [0.05, 0.1) is 0 Å². The van der Waals surface area contributed by atoms with Gasteiger partial charge in [0.15, 0.2) is 0 Å². The molecule has 1 aliphatic carbocycles. The minimum atomic E-state index is -0.411. The molecule has 4 nitrogen and oxygen atoms in total. The quantitative estimate of drug-likeness (QED) is 0.755. The molecule has 0 bridgehead atoms. The van der Waals surface area contributed by atoms with Crippen molar-refractivity contribution in [1.29, 1.82) is 0 Å². The van der Waals surface area contributed by atoms with E-state index in [9.17, 15) is 4.79 Å². The Balaban J connectivity index is 1.84. The summed E-state index contributed by atoms with van der Waals surface area (Å²) in [7, 11) is 0. The highest BCUT2D eigenvalue weighted by atomic mass is 16.6. The van der Waals surface area contributed by atoms with Crippen LogP contribution in [0.25, 0.3) is 0 Å². The van der Waals surface area contributed by atoms with Crippen LogP contribution < -0.4 is 10.6 Å². The van der Waals surface area contributed by atoms with E-state index in [2.05, 4.69) is 10.6 Å². The van der Waals surface area contributed by atoms with Gasteiger partial charge in [-0.3, -0.25) is 0 Å². The highest BCUT2D eigenvalue weighted by Gasteiger charge is 2.39. The van der Waals surface area contributed by atoms with E-state index in [-0.39, 0.29) is 12.1 Å². The molecule has 1 aliphatic heterocycles. The van der Waals surface area contributed by atoms with Crippen LogP contribution in [0.2, 0.25) is 0 Å². The Labute approximate surface area is 110 Å². The van der Waals surface area contributed by atoms with E-state index in [1.807, 2.05) is 20.8 Å². The maximum Gasteiger partial charge on any atom is 0.407 e. The first-order chi connectivity index (χ1) is 8.39. The van der Waals surface area contributed by atoms with Gasteiger partial charge in [-0.1, -0.05) is 6.42 Å². The van der Waals surface area contributed by atoms with Crippen LogP contribution in [0.4, 0.5) is 4.79 Å². The van der Waals surface area contributed by atoms with E-state index in [1.165, 1.54) is 19.3 Å². The van der Waals surface area contributed by atoms with Gasteiger partial charge >= 0.3 is 6.09 Å². The Bertz CT molecular complexity index is 303. The average molecular weight is 254 g/mol. The number of nitrogens with one attached hydrogen (secondary N) is 2. The highest BCUT2D eigenvalue weighted by molar-refractivity contribution is 5.68. The number of rotatable bonds is 1. The first-order valence-corrected chi connectivity index (χ1v) is 7.09. The molecule has 1 saturated heterocycles. The maximum absolute atomic E-state index is 11.8. The number of carbonyl (C=O) groups excluding carboxylic acids is 1. The molecule has 104 valence electrons. The van der Waals surface area contributed by atoms with E-state index >= 15 is 0 Å². The molecule has 1 heterocycles. The molecule has 18 heavy (non-hydrogen) atoms. The van der Waals surface area contributed by atoms with Crippen molar-refractivity contribution < 1.29 is 9.53 Å². The molecule has 0 unspecified atom stereocenters. The van der Waals surface area contributed by atoms with Crippen LogP contribution in [0.15, 0.2) is 0 Å². The minimum Gasteiger partial charge on any atom is -0.444 e. The second kappa shape index (κ2) is 5.08. The predicted molar refractivity (Wildman–Crippen MR) is 71.5 cm³/mol. The monoisotopic (exact) mass is 254 g/mol. The van der Waals surface area contributed by atoms with Gasteiger partial charge in [-0.05, 0) is 58.4 Å². The summed E-state index contributed by atoms with van der Waals surface area (Å²) in [6.07, 6.45) is 5.67. The van der Waals surface area contributed by atoms with Gasteiger partial charge in [0.25, 0.3) is 0 Å². The van der Waals surface area contributed by atoms with Gasteiger partial charge in [0, 0.05) is 12.6 Å². The Morgan fingerprint density at radius 2 is 2.17 bits per heavy atom. The summed E-state index contributed by atoms with van der Waals surface area (Å²) >= 11 is 0. The molecule has 0 aromatic heterocycles. The number of amides is 1. The minimum absolute atomic E-state index is 0.268. The summed E-state index contributed by atoms with van der Waals surface area (Å²) in [5.41, 5.74) is 0.0171. The van der Waals surface area contributed by atoms with Gasteiger partial charge in [0.2, 0.25) is 0 Å². The number of carbonyl (C=O) groups is 1. The molecule has 2 atom stereocenters. The fraction of sp³-hybridized carbons (Fsp3) is 0.929. The zero-order chi connectivity index (χ0) is 13.2. The molecule has 2 aliphatic rings. The molecule has 0 radical (unpaired) electrons. The van der Waals surface area contributed by atoms with Gasteiger partial charge < -0.3 is 15.4 Å². The molecule has 1 amide bonds. The fourth-order valence-electron chi connectivity index (χ4n) is 3.23. The molecule has 1 saturated carbocycles. The van der Waals surface area contributed by atoms with Crippen molar-refractivity contribution in [3.63, 3.8) is 0 Å². The van der Waals surface area contributed by atoms with Gasteiger partial charge in [-0.25, -0.2) is 4.79 Å². The van der Waals surface area contributed by atoms with Crippen molar-refractivity contribution in [3.8, 4) is 0 Å². The van der Waals surface area contributed by atoms with Crippen LogP contribution in [0.5, 0.6) is 0 Å². The molecule has 2 N–H and O–H groups in total. The molecule has 0 aromatic rings. The predicted octanol–water partition coefficient (Wildman–Crippen LogP) is 2.43. The van der Waals surface area contributed by atoms with E-state index < -0.39 is 5.60 Å². The van der Waals surface area contributed by atoms with Crippen LogP contribution in [0, 0.1) is 5.41 Å². The molecule has 0 aromatic carbocycles. The Morgan fingerprint density at radius 1 is 1.39 bits per heavy atom. The second-order valence-corrected chi connectivity index (χ2v) is 6.87. The summed E-state index contributed by atoms with van der Waals surface area (Å²) in [4.78, 5) is 11.8. The van der Waals surface area contributed by atoms with Crippen molar-refractivity contribution in [2.45, 2.75) is 64.5 Å². The fourth-order valence-corrected chi connectivity index (χ4v) is 3.23. The lowest BCUT2D eigenvalue weighted by Crippen LogP contribution is -2.45. The molecule has 4 heteroatoms. The number of ether oxygens (including phenoxy) is 1. The normalized spacial score (nSPS) is 32.5. The van der Waals surface area contributed by atoms with Gasteiger partial charge in [-0.2, -0.15) is 0 Å². The lowest BCUT2D eigenvalue weighted by Gasteiger charge is -2.38. The molecular formula is C14H26N2O2. The number of hydrogen-bond donors (Lipinski definition) is 2. The van der Waals surface area contributed by atoms with Crippen molar-refractivity contribution in [2.75, 3.05) is 13.1 Å². The van der Waals surface area contributed by atoms with Crippen LogP contribution in [0.1, 0.15) is 52.9 Å². The summed E-state index contributed by atoms with van der Waals surface area (Å²) in [6, 6.07) is 0.286. The Morgan fingerprint density at radius 3 is 2.78 bits per heavy atom. The zero-order valence-electron chi connectivity index (χ0n) is 11.8. The zero-order valence-corrected chi connectivity index (χ0v) is 11.8. The van der Waals surface area contributed by atoms with Crippen LogP contribution >= 0.6 is 0 Å². The van der Waals surface area contributed by atoms with Crippen LogP contribution in [0.3, 0.4) is 0 Å².